The number of hydrogen-bond donors (Lipinski definition) is 1. The maximum atomic E-state index is 6.05. The first kappa shape index (κ1) is 11.4. The third kappa shape index (κ3) is 2.04. The number of rotatable bonds is 2. The zero-order valence-electron chi connectivity index (χ0n) is 8.02. The number of hydrogen-bond acceptors (Lipinski definition) is 2. The highest BCUT2D eigenvalue weighted by molar-refractivity contribution is 7.80. The summed E-state index contributed by atoms with van der Waals surface area (Å²) in [4.78, 5) is 4.44. The Morgan fingerprint density at radius 1 is 1.44 bits per heavy atom. The number of thiocarbonyl (C=S) groups is 1. The van der Waals surface area contributed by atoms with Gasteiger partial charge in [0.1, 0.15) is 4.99 Å². The molecular weight excluding hydrogens is 265 g/mol. The molecule has 0 fully saturated rings. The lowest BCUT2D eigenvalue weighted by atomic mass is 10.4. The summed E-state index contributed by atoms with van der Waals surface area (Å²) in [5.74, 6) is 0.555. The Labute approximate surface area is 108 Å². The summed E-state index contributed by atoms with van der Waals surface area (Å²) in [5, 5.41) is 0.930. The van der Waals surface area contributed by atoms with E-state index in [0.29, 0.717) is 21.6 Å². The van der Waals surface area contributed by atoms with Crippen molar-refractivity contribution in [3.8, 4) is 5.82 Å². The van der Waals surface area contributed by atoms with Crippen LogP contribution in [-0.4, -0.2) is 14.5 Å². The van der Waals surface area contributed by atoms with Crippen LogP contribution in [0.25, 0.3) is 5.82 Å². The molecule has 0 atom stereocenters. The van der Waals surface area contributed by atoms with Crippen LogP contribution in [0, 0.1) is 0 Å². The molecule has 0 radical (unpaired) electrons. The monoisotopic (exact) mass is 271 g/mol. The van der Waals surface area contributed by atoms with Crippen molar-refractivity contribution in [1.82, 2.24) is 9.55 Å². The van der Waals surface area contributed by atoms with E-state index in [1.165, 1.54) is 6.20 Å². The predicted molar refractivity (Wildman–Crippen MR) is 69.5 cm³/mol. The van der Waals surface area contributed by atoms with Crippen molar-refractivity contribution in [3.63, 3.8) is 0 Å². The second kappa shape index (κ2) is 4.41. The summed E-state index contributed by atoms with van der Waals surface area (Å²) < 4.78 is 1.72. The van der Waals surface area contributed by atoms with Crippen molar-refractivity contribution in [2.75, 3.05) is 0 Å². The first-order chi connectivity index (χ1) is 7.59. The topological polar surface area (TPSA) is 43.8 Å². The molecule has 2 N–H and O–H groups in total. The fourth-order valence-corrected chi connectivity index (χ4v) is 1.99. The van der Waals surface area contributed by atoms with Gasteiger partial charge in [-0.2, -0.15) is 0 Å². The molecular formula is C10H7Cl2N3S. The SMILES string of the molecule is NC(=S)c1cccn1-c1ncc(Cl)cc1Cl. The molecule has 0 aliphatic heterocycles. The second-order valence-electron chi connectivity index (χ2n) is 3.09. The molecule has 0 amide bonds. The molecule has 0 aliphatic carbocycles. The number of aromatic nitrogens is 2. The fraction of sp³-hybridized carbons (Fsp3) is 0. The highest BCUT2D eigenvalue weighted by Crippen LogP contribution is 2.23. The van der Waals surface area contributed by atoms with E-state index in [4.69, 9.17) is 41.2 Å². The normalized spacial score (nSPS) is 10.4. The lowest BCUT2D eigenvalue weighted by Crippen LogP contribution is -2.15. The second-order valence-corrected chi connectivity index (χ2v) is 4.37. The molecule has 2 heterocycles. The Morgan fingerprint density at radius 2 is 2.19 bits per heavy atom. The summed E-state index contributed by atoms with van der Waals surface area (Å²) in [6.07, 6.45) is 3.31. The first-order valence-corrected chi connectivity index (χ1v) is 5.54. The van der Waals surface area contributed by atoms with Gasteiger partial charge in [0.25, 0.3) is 0 Å². The molecule has 16 heavy (non-hydrogen) atoms. The van der Waals surface area contributed by atoms with Gasteiger partial charge in [-0.15, -0.1) is 0 Å². The predicted octanol–water partition coefficient (Wildman–Crippen LogP) is 2.81. The number of nitrogens with zero attached hydrogens (tertiary/aromatic N) is 2. The van der Waals surface area contributed by atoms with Gasteiger partial charge in [0.15, 0.2) is 5.82 Å². The summed E-state index contributed by atoms with van der Waals surface area (Å²) >= 11 is 16.8. The molecule has 6 heteroatoms. The molecule has 82 valence electrons. The standard InChI is InChI=1S/C10H7Cl2N3S/c11-6-4-7(12)10(14-5-6)15-3-1-2-8(15)9(13)16/h1-5H,(H2,13,16). The van der Waals surface area contributed by atoms with Crippen LogP contribution in [0.3, 0.4) is 0 Å². The lowest BCUT2D eigenvalue weighted by molar-refractivity contribution is 0.997. The minimum atomic E-state index is 0.290. The molecule has 0 spiro atoms. The average molecular weight is 272 g/mol. The van der Waals surface area contributed by atoms with Gasteiger partial charge in [-0.3, -0.25) is 4.57 Å². The zero-order chi connectivity index (χ0) is 11.7. The van der Waals surface area contributed by atoms with E-state index in [-0.39, 0.29) is 4.99 Å². The van der Waals surface area contributed by atoms with Gasteiger partial charge in [0.05, 0.1) is 15.7 Å². The molecule has 0 unspecified atom stereocenters. The zero-order valence-corrected chi connectivity index (χ0v) is 10.4. The molecule has 0 aromatic carbocycles. The average Bonchev–Trinajstić information content (AvgIpc) is 2.66. The van der Waals surface area contributed by atoms with Crippen LogP contribution < -0.4 is 5.73 Å². The molecule has 0 saturated carbocycles. The van der Waals surface area contributed by atoms with Gasteiger partial charge in [-0.1, -0.05) is 35.4 Å². The van der Waals surface area contributed by atoms with Crippen LogP contribution >= 0.6 is 35.4 Å². The van der Waals surface area contributed by atoms with E-state index < -0.39 is 0 Å². The fourth-order valence-electron chi connectivity index (χ4n) is 1.35. The summed E-state index contributed by atoms with van der Waals surface area (Å²) in [5.41, 5.74) is 6.28. The van der Waals surface area contributed by atoms with E-state index in [1.54, 1.807) is 22.9 Å². The van der Waals surface area contributed by atoms with Gasteiger partial charge in [-0.05, 0) is 18.2 Å². The van der Waals surface area contributed by atoms with Crippen LogP contribution in [0.2, 0.25) is 10.0 Å². The number of nitrogens with two attached hydrogens (primary N) is 1. The van der Waals surface area contributed by atoms with Crippen molar-refractivity contribution in [2.45, 2.75) is 0 Å². The maximum Gasteiger partial charge on any atom is 0.156 e. The van der Waals surface area contributed by atoms with Gasteiger partial charge in [0.2, 0.25) is 0 Å². The molecule has 0 aliphatic rings. The smallest absolute Gasteiger partial charge is 0.156 e. The van der Waals surface area contributed by atoms with Crippen LogP contribution in [0.15, 0.2) is 30.6 Å². The van der Waals surface area contributed by atoms with Crippen molar-refractivity contribution in [1.29, 1.82) is 0 Å². The maximum absolute atomic E-state index is 6.05. The molecule has 0 saturated heterocycles. The minimum Gasteiger partial charge on any atom is -0.388 e. The Morgan fingerprint density at radius 3 is 2.81 bits per heavy atom. The van der Waals surface area contributed by atoms with Crippen LogP contribution in [-0.2, 0) is 0 Å². The van der Waals surface area contributed by atoms with Gasteiger partial charge >= 0.3 is 0 Å². The third-order valence-electron chi connectivity index (χ3n) is 2.02. The van der Waals surface area contributed by atoms with Crippen molar-refractivity contribution >= 4 is 40.4 Å². The van der Waals surface area contributed by atoms with Crippen LogP contribution in [0.4, 0.5) is 0 Å². The molecule has 0 bridgehead atoms. The highest BCUT2D eigenvalue weighted by atomic mass is 35.5. The van der Waals surface area contributed by atoms with E-state index in [2.05, 4.69) is 4.98 Å². The third-order valence-corrected chi connectivity index (χ3v) is 2.71. The highest BCUT2D eigenvalue weighted by Gasteiger charge is 2.10. The van der Waals surface area contributed by atoms with E-state index in [0.717, 1.165) is 0 Å². The molecule has 2 aromatic heterocycles. The van der Waals surface area contributed by atoms with Crippen molar-refractivity contribution < 1.29 is 0 Å². The quantitative estimate of drug-likeness (QED) is 0.855. The minimum absolute atomic E-state index is 0.290. The molecule has 3 nitrogen and oxygen atoms in total. The Kier molecular flexibility index (Phi) is 3.14. The molecule has 2 aromatic rings. The summed E-state index contributed by atoms with van der Waals surface area (Å²) in [6.45, 7) is 0. The van der Waals surface area contributed by atoms with E-state index in [1.807, 2.05) is 6.07 Å². The first-order valence-electron chi connectivity index (χ1n) is 4.38. The Hall–Kier alpha value is -1.10. The van der Waals surface area contributed by atoms with Crippen LogP contribution in [0.5, 0.6) is 0 Å². The summed E-state index contributed by atoms with van der Waals surface area (Å²) in [6, 6.07) is 5.24. The van der Waals surface area contributed by atoms with E-state index in [9.17, 15) is 0 Å². The lowest BCUT2D eigenvalue weighted by Gasteiger charge is -2.08. The Balaban J connectivity index is 2.59. The van der Waals surface area contributed by atoms with Crippen LogP contribution in [0.1, 0.15) is 5.69 Å². The van der Waals surface area contributed by atoms with Gasteiger partial charge in [-0.25, -0.2) is 4.98 Å². The summed E-state index contributed by atoms with van der Waals surface area (Å²) in [7, 11) is 0. The molecule has 2 rings (SSSR count). The Bertz CT molecular complexity index is 551. The van der Waals surface area contributed by atoms with Gasteiger partial charge in [0, 0.05) is 12.4 Å². The largest absolute Gasteiger partial charge is 0.388 e. The van der Waals surface area contributed by atoms with Crippen molar-refractivity contribution in [3.05, 3.63) is 46.3 Å². The van der Waals surface area contributed by atoms with Gasteiger partial charge < -0.3 is 5.73 Å². The number of halogens is 2. The number of pyridine rings is 1. The van der Waals surface area contributed by atoms with E-state index >= 15 is 0 Å². The van der Waals surface area contributed by atoms with Crippen molar-refractivity contribution in [2.24, 2.45) is 5.73 Å².